The Kier molecular flexibility index (Phi) is 3.36. The fourth-order valence-corrected chi connectivity index (χ4v) is 3.17. The van der Waals surface area contributed by atoms with Gasteiger partial charge in [0.05, 0.1) is 30.6 Å². The van der Waals surface area contributed by atoms with E-state index in [2.05, 4.69) is 22.2 Å². The normalized spacial score (nSPS) is 19.9. The Morgan fingerprint density at radius 2 is 2.39 bits per heavy atom. The Labute approximate surface area is 110 Å². The first-order chi connectivity index (χ1) is 8.84. The summed E-state index contributed by atoms with van der Waals surface area (Å²) in [5, 5.41) is 4.45. The smallest absolute Gasteiger partial charge is 0.142 e. The first-order valence-electron chi connectivity index (χ1n) is 6.04. The van der Waals surface area contributed by atoms with Crippen LogP contribution in [0.15, 0.2) is 24.4 Å². The van der Waals surface area contributed by atoms with Gasteiger partial charge in [0.1, 0.15) is 5.01 Å². The van der Waals surface area contributed by atoms with Crippen LogP contribution in [0.1, 0.15) is 16.6 Å². The van der Waals surface area contributed by atoms with E-state index in [4.69, 9.17) is 4.74 Å². The van der Waals surface area contributed by atoms with Gasteiger partial charge in [-0.3, -0.25) is 4.98 Å². The van der Waals surface area contributed by atoms with E-state index >= 15 is 0 Å². The zero-order valence-corrected chi connectivity index (χ0v) is 11.0. The molecule has 0 radical (unpaired) electrons. The lowest BCUT2D eigenvalue weighted by Crippen LogP contribution is -2.34. The van der Waals surface area contributed by atoms with Gasteiger partial charge in [-0.2, -0.15) is 0 Å². The molecular formula is C13H15N3OS. The van der Waals surface area contributed by atoms with Gasteiger partial charge in [0.2, 0.25) is 0 Å². The quantitative estimate of drug-likeness (QED) is 0.900. The number of rotatable bonds is 2. The van der Waals surface area contributed by atoms with E-state index in [1.807, 2.05) is 18.2 Å². The molecule has 0 aliphatic carbocycles. The molecular weight excluding hydrogens is 246 g/mol. The SMILES string of the molecule is Cc1nc(-c2ccccn2)sc1C1COCCN1. The Balaban J connectivity index is 1.91. The standard InChI is InChI=1S/C13H15N3OS/c1-9-12(11-8-17-7-6-15-11)18-13(16-9)10-4-2-3-5-14-10/h2-5,11,15H,6-8H2,1H3. The molecule has 2 aromatic rings. The maximum atomic E-state index is 5.51. The van der Waals surface area contributed by atoms with Gasteiger partial charge in [0.15, 0.2) is 0 Å². The largest absolute Gasteiger partial charge is 0.378 e. The summed E-state index contributed by atoms with van der Waals surface area (Å²) in [5.41, 5.74) is 2.01. The van der Waals surface area contributed by atoms with E-state index in [1.54, 1.807) is 17.5 Å². The second-order valence-corrected chi connectivity index (χ2v) is 5.30. The van der Waals surface area contributed by atoms with Gasteiger partial charge >= 0.3 is 0 Å². The van der Waals surface area contributed by atoms with Crippen molar-refractivity contribution in [1.29, 1.82) is 0 Å². The molecule has 3 heterocycles. The number of thiazole rings is 1. The zero-order valence-electron chi connectivity index (χ0n) is 10.2. The highest BCUT2D eigenvalue weighted by atomic mass is 32.1. The van der Waals surface area contributed by atoms with Crippen molar-refractivity contribution in [2.45, 2.75) is 13.0 Å². The molecule has 4 nitrogen and oxygen atoms in total. The van der Waals surface area contributed by atoms with Crippen molar-refractivity contribution < 1.29 is 4.74 Å². The lowest BCUT2D eigenvalue weighted by molar-refractivity contribution is 0.0777. The van der Waals surface area contributed by atoms with Crippen LogP contribution in [0.4, 0.5) is 0 Å². The Morgan fingerprint density at radius 3 is 3.11 bits per heavy atom. The predicted octanol–water partition coefficient (Wildman–Crippen LogP) is 2.17. The fourth-order valence-electron chi connectivity index (χ4n) is 2.06. The van der Waals surface area contributed by atoms with Crippen molar-refractivity contribution in [3.8, 4) is 10.7 Å². The Hall–Kier alpha value is -1.30. The van der Waals surface area contributed by atoms with Crippen molar-refractivity contribution in [3.05, 3.63) is 35.0 Å². The predicted molar refractivity (Wildman–Crippen MR) is 71.6 cm³/mol. The van der Waals surface area contributed by atoms with Crippen LogP contribution in [0.25, 0.3) is 10.7 Å². The van der Waals surface area contributed by atoms with Gasteiger partial charge in [-0.25, -0.2) is 4.98 Å². The Morgan fingerprint density at radius 1 is 1.44 bits per heavy atom. The summed E-state index contributed by atoms with van der Waals surface area (Å²) >= 11 is 1.70. The summed E-state index contributed by atoms with van der Waals surface area (Å²) in [5.74, 6) is 0. The third kappa shape index (κ3) is 2.29. The molecule has 1 aliphatic heterocycles. The van der Waals surface area contributed by atoms with Crippen LogP contribution in [-0.2, 0) is 4.74 Å². The monoisotopic (exact) mass is 261 g/mol. The third-order valence-corrected chi connectivity index (χ3v) is 4.25. The molecule has 1 unspecified atom stereocenters. The minimum Gasteiger partial charge on any atom is -0.378 e. The highest BCUT2D eigenvalue weighted by molar-refractivity contribution is 7.15. The molecule has 1 atom stereocenters. The minimum atomic E-state index is 0.272. The van der Waals surface area contributed by atoms with Gasteiger partial charge < -0.3 is 10.1 Å². The van der Waals surface area contributed by atoms with Crippen LogP contribution in [-0.4, -0.2) is 29.7 Å². The van der Waals surface area contributed by atoms with Gasteiger partial charge in [-0.05, 0) is 19.1 Å². The molecule has 1 saturated heterocycles. The van der Waals surface area contributed by atoms with Crippen LogP contribution in [0.3, 0.4) is 0 Å². The second kappa shape index (κ2) is 5.14. The molecule has 18 heavy (non-hydrogen) atoms. The van der Waals surface area contributed by atoms with Gasteiger partial charge in [0.25, 0.3) is 0 Å². The lowest BCUT2D eigenvalue weighted by Gasteiger charge is -2.22. The topological polar surface area (TPSA) is 47.0 Å². The number of aromatic nitrogens is 2. The molecule has 94 valence electrons. The number of aryl methyl sites for hydroxylation is 1. The van der Waals surface area contributed by atoms with E-state index in [0.717, 1.165) is 36.2 Å². The molecule has 0 bridgehead atoms. The second-order valence-electron chi connectivity index (χ2n) is 4.27. The highest BCUT2D eigenvalue weighted by Gasteiger charge is 2.21. The maximum absolute atomic E-state index is 5.51. The number of hydrogen-bond donors (Lipinski definition) is 1. The van der Waals surface area contributed by atoms with Crippen LogP contribution < -0.4 is 5.32 Å². The fraction of sp³-hybridized carbons (Fsp3) is 0.385. The molecule has 2 aromatic heterocycles. The van der Waals surface area contributed by atoms with Gasteiger partial charge in [-0.1, -0.05) is 6.07 Å². The van der Waals surface area contributed by atoms with Gasteiger partial charge in [0, 0.05) is 17.6 Å². The molecule has 1 N–H and O–H groups in total. The van der Waals surface area contributed by atoms with E-state index in [1.165, 1.54) is 4.88 Å². The number of nitrogens with one attached hydrogen (secondary N) is 1. The lowest BCUT2D eigenvalue weighted by atomic mass is 10.2. The molecule has 0 aromatic carbocycles. The van der Waals surface area contributed by atoms with Crippen molar-refractivity contribution in [2.75, 3.05) is 19.8 Å². The zero-order chi connectivity index (χ0) is 12.4. The molecule has 0 spiro atoms. The molecule has 3 rings (SSSR count). The number of nitrogens with zero attached hydrogens (tertiary/aromatic N) is 2. The van der Waals surface area contributed by atoms with E-state index < -0.39 is 0 Å². The van der Waals surface area contributed by atoms with Crippen LogP contribution in [0, 0.1) is 6.92 Å². The van der Waals surface area contributed by atoms with Gasteiger partial charge in [-0.15, -0.1) is 11.3 Å². The van der Waals surface area contributed by atoms with E-state index in [-0.39, 0.29) is 6.04 Å². The van der Waals surface area contributed by atoms with E-state index in [9.17, 15) is 0 Å². The number of hydrogen-bond acceptors (Lipinski definition) is 5. The average Bonchev–Trinajstić information content (AvgIpc) is 2.83. The summed E-state index contributed by atoms with van der Waals surface area (Å²) in [7, 11) is 0. The van der Waals surface area contributed by atoms with Crippen molar-refractivity contribution >= 4 is 11.3 Å². The maximum Gasteiger partial charge on any atom is 0.142 e. The summed E-state index contributed by atoms with van der Waals surface area (Å²) in [6.07, 6.45) is 1.80. The van der Waals surface area contributed by atoms with Crippen LogP contribution >= 0.6 is 11.3 Å². The highest BCUT2D eigenvalue weighted by Crippen LogP contribution is 2.31. The first-order valence-corrected chi connectivity index (χ1v) is 6.86. The first kappa shape index (κ1) is 11.8. The number of ether oxygens (including phenoxy) is 1. The molecule has 5 heteroatoms. The summed E-state index contributed by atoms with van der Waals surface area (Å²) in [6.45, 7) is 4.47. The van der Waals surface area contributed by atoms with Crippen molar-refractivity contribution in [1.82, 2.24) is 15.3 Å². The van der Waals surface area contributed by atoms with Crippen LogP contribution in [0.2, 0.25) is 0 Å². The molecule has 1 aliphatic rings. The summed E-state index contributed by atoms with van der Waals surface area (Å²) in [4.78, 5) is 10.2. The summed E-state index contributed by atoms with van der Waals surface area (Å²) in [6, 6.07) is 6.17. The Bertz CT molecular complexity index is 520. The van der Waals surface area contributed by atoms with Crippen molar-refractivity contribution in [2.24, 2.45) is 0 Å². The molecule has 0 amide bonds. The number of morpholine rings is 1. The average molecular weight is 261 g/mol. The number of pyridine rings is 1. The van der Waals surface area contributed by atoms with Crippen molar-refractivity contribution in [3.63, 3.8) is 0 Å². The molecule has 1 fully saturated rings. The molecule has 0 saturated carbocycles. The minimum absolute atomic E-state index is 0.272. The summed E-state index contributed by atoms with van der Waals surface area (Å²) < 4.78 is 5.51. The third-order valence-electron chi connectivity index (χ3n) is 2.95. The van der Waals surface area contributed by atoms with E-state index in [0.29, 0.717) is 0 Å². The van der Waals surface area contributed by atoms with Crippen LogP contribution in [0.5, 0.6) is 0 Å².